The first-order valence-corrected chi connectivity index (χ1v) is 9.99. The summed E-state index contributed by atoms with van der Waals surface area (Å²) in [6.07, 6.45) is 5.77. The van der Waals surface area contributed by atoms with E-state index in [4.69, 9.17) is 4.74 Å². The number of H-pyrrole nitrogens is 1. The molecule has 1 saturated heterocycles. The summed E-state index contributed by atoms with van der Waals surface area (Å²) in [4.78, 5) is 16.6. The lowest BCUT2D eigenvalue weighted by Gasteiger charge is -2.34. The number of piperazine rings is 1. The van der Waals surface area contributed by atoms with E-state index in [1.165, 1.54) is 0 Å². The molecule has 1 fully saturated rings. The van der Waals surface area contributed by atoms with Crippen LogP contribution in [0.3, 0.4) is 0 Å². The van der Waals surface area contributed by atoms with Crippen molar-refractivity contribution >= 4 is 5.91 Å². The van der Waals surface area contributed by atoms with Gasteiger partial charge in [-0.15, -0.1) is 0 Å². The lowest BCUT2D eigenvalue weighted by atomic mass is 10.1. The van der Waals surface area contributed by atoms with E-state index in [9.17, 15) is 4.79 Å². The summed E-state index contributed by atoms with van der Waals surface area (Å²) in [5, 5.41) is 6.93. The zero-order valence-electron chi connectivity index (χ0n) is 16.2. The predicted molar refractivity (Wildman–Crippen MR) is 107 cm³/mol. The molecule has 2 heterocycles. The quantitative estimate of drug-likeness (QED) is 0.689. The molecule has 0 aliphatic carbocycles. The SMILES string of the molecule is CCCCCC(=O)N1CCN(CCOc2ccc(-c3ccn[nH]3)cc2)CC1. The van der Waals surface area contributed by atoms with Crippen LogP contribution in [-0.4, -0.2) is 65.2 Å². The second kappa shape index (κ2) is 10.1. The van der Waals surface area contributed by atoms with E-state index in [2.05, 4.69) is 22.0 Å². The number of ether oxygens (including phenoxy) is 1. The molecule has 1 aliphatic heterocycles. The minimum absolute atomic E-state index is 0.316. The molecule has 27 heavy (non-hydrogen) atoms. The zero-order valence-corrected chi connectivity index (χ0v) is 16.2. The number of hydrogen-bond acceptors (Lipinski definition) is 4. The number of rotatable bonds is 9. The molecule has 0 atom stereocenters. The number of aromatic amines is 1. The molecule has 1 N–H and O–H groups in total. The molecule has 3 rings (SSSR count). The summed E-state index contributed by atoms with van der Waals surface area (Å²) < 4.78 is 5.87. The molecule has 6 nitrogen and oxygen atoms in total. The summed E-state index contributed by atoms with van der Waals surface area (Å²) in [5.41, 5.74) is 2.10. The molecule has 1 aromatic carbocycles. The Bertz CT molecular complexity index is 677. The number of hydrogen-bond donors (Lipinski definition) is 1. The summed E-state index contributed by atoms with van der Waals surface area (Å²) >= 11 is 0. The van der Waals surface area contributed by atoms with E-state index < -0.39 is 0 Å². The second-order valence-electron chi connectivity index (χ2n) is 7.02. The van der Waals surface area contributed by atoms with E-state index in [0.717, 1.165) is 69.0 Å². The lowest BCUT2D eigenvalue weighted by Crippen LogP contribution is -2.49. The number of unbranched alkanes of at least 4 members (excludes halogenated alkanes) is 2. The largest absolute Gasteiger partial charge is 0.492 e. The molecule has 0 radical (unpaired) electrons. The second-order valence-corrected chi connectivity index (χ2v) is 7.02. The Morgan fingerprint density at radius 2 is 1.89 bits per heavy atom. The van der Waals surface area contributed by atoms with Gasteiger partial charge in [0.15, 0.2) is 0 Å². The molecular weight excluding hydrogens is 340 g/mol. The smallest absolute Gasteiger partial charge is 0.222 e. The summed E-state index contributed by atoms with van der Waals surface area (Å²) in [6.45, 7) is 7.25. The lowest BCUT2D eigenvalue weighted by molar-refractivity contribution is -0.133. The fourth-order valence-corrected chi connectivity index (χ4v) is 3.35. The predicted octanol–water partition coefficient (Wildman–Crippen LogP) is 3.18. The molecule has 6 heteroatoms. The van der Waals surface area contributed by atoms with E-state index >= 15 is 0 Å². The molecule has 0 saturated carbocycles. The van der Waals surface area contributed by atoms with Gasteiger partial charge in [0.2, 0.25) is 5.91 Å². The van der Waals surface area contributed by atoms with Crippen LogP contribution in [0.2, 0.25) is 0 Å². The number of nitrogens with one attached hydrogen (secondary N) is 1. The van der Waals surface area contributed by atoms with Crippen LogP contribution in [0.1, 0.15) is 32.6 Å². The number of nitrogens with zero attached hydrogens (tertiary/aromatic N) is 3. The van der Waals surface area contributed by atoms with Crippen molar-refractivity contribution in [1.29, 1.82) is 0 Å². The Labute approximate surface area is 161 Å². The number of amides is 1. The van der Waals surface area contributed by atoms with Crippen molar-refractivity contribution < 1.29 is 9.53 Å². The maximum absolute atomic E-state index is 12.2. The number of carbonyl (C=O) groups is 1. The van der Waals surface area contributed by atoms with Gasteiger partial charge in [-0.05, 0) is 42.3 Å². The Kier molecular flexibility index (Phi) is 7.27. The standard InChI is InChI=1S/C21H30N4O2/c1-2-3-4-5-21(26)25-14-12-24(13-15-25)16-17-27-19-8-6-18(7-9-19)20-10-11-22-23-20/h6-11H,2-5,12-17H2,1H3,(H,22,23). The minimum Gasteiger partial charge on any atom is -0.492 e. The van der Waals surface area contributed by atoms with Crippen molar-refractivity contribution in [2.75, 3.05) is 39.3 Å². The molecule has 146 valence electrons. The fourth-order valence-electron chi connectivity index (χ4n) is 3.35. The van der Waals surface area contributed by atoms with Crippen molar-refractivity contribution in [2.24, 2.45) is 0 Å². The average Bonchev–Trinajstić information content (AvgIpc) is 3.24. The number of carbonyl (C=O) groups excluding carboxylic acids is 1. The van der Waals surface area contributed by atoms with E-state index in [0.29, 0.717) is 18.9 Å². The van der Waals surface area contributed by atoms with Gasteiger partial charge in [0.25, 0.3) is 0 Å². The first-order chi connectivity index (χ1) is 13.3. The Morgan fingerprint density at radius 1 is 1.11 bits per heavy atom. The fraction of sp³-hybridized carbons (Fsp3) is 0.524. The van der Waals surface area contributed by atoms with Gasteiger partial charge in [-0.3, -0.25) is 14.8 Å². The van der Waals surface area contributed by atoms with Crippen molar-refractivity contribution in [2.45, 2.75) is 32.6 Å². The van der Waals surface area contributed by atoms with Gasteiger partial charge in [-0.2, -0.15) is 5.10 Å². The van der Waals surface area contributed by atoms with Crippen molar-refractivity contribution in [3.8, 4) is 17.0 Å². The third-order valence-corrected chi connectivity index (χ3v) is 5.06. The van der Waals surface area contributed by atoms with Gasteiger partial charge in [0, 0.05) is 45.3 Å². The Morgan fingerprint density at radius 3 is 2.56 bits per heavy atom. The summed E-state index contributed by atoms with van der Waals surface area (Å²) in [5.74, 6) is 1.19. The third-order valence-electron chi connectivity index (χ3n) is 5.06. The van der Waals surface area contributed by atoms with Gasteiger partial charge < -0.3 is 9.64 Å². The van der Waals surface area contributed by atoms with Crippen LogP contribution >= 0.6 is 0 Å². The van der Waals surface area contributed by atoms with Crippen LogP contribution in [0, 0.1) is 0 Å². The minimum atomic E-state index is 0.316. The van der Waals surface area contributed by atoms with Crippen LogP contribution in [0.25, 0.3) is 11.3 Å². The van der Waals surface area contributed by atoms with E-state index in [-0.39, 0.29) is 0 Å². The molecule has 0 unspecified atom stereocenters. The Hall–Kier alpha value is -2.34. The summed E-state index contributed by atoms with van der Waals surface area (Å²) in [7, 11) is 0. The number of aromatic nitrogens is 2. The first-order valence-electron chi connectivity index (χ1n) is 9.99. The van der Waals surface area contributed by atoms with Crippen LogP contribution in [-0.2, 0) is 4.79 Å². The molecule has 0 spiro atoms. The molecule has 1 aromatic heterocycles. The van der Waals surface area contributed by atoms with Gasteiger partial charge in [0.1, 0.15) is 12.4 Å². The van der Waals surface area contributed by atoms with Crippen molar-refractivity contribution in [3.63, 3.8) is 0 Å². The summed E-state index contributed by atoms with van der Waals surface area (Å²) in [6, 6.07) is 9.99. The highest BCUT2D eigenvalue weighted by Crippen LogP contribution is 2.20. The molecule has 2 aromatic rings. The normalized spacial score (nSPS) is 15.1. The van der Waals surface area contributed by atoms with Crippen LogP contribution in [0.15, 0.2) is 36.5 Å². The number of benzene rings is 1. The molecular formula is C21H30N4O2. The highest BCUT2D eigenvalue weighted by Gasteiger charge is 2.20. The van der Waals surface area contributed by atoms with E-state index in [1.807, 2.05) is 35.2 Å². The van der Waals surface area contributed by atoms with E-state index in [1.54, 1.807) is 6.20 Å². The third kappa shape index (κ3) is 5.82. The van der Waals surface area contributed by atoms with Crippen LogP contribution in [0.5, 0.6) is 5.75 Å². The maximum atomic E-state index is 12.2. The van der Waals surface area contributed by atoms with Gasteiger partial charge >= 0.3 is 0 Å². The molecule has 0 bridgehead atoms. The average molecular weight is 370 g/mol. The zero-order chi connectivity index (χ0) is 18.9. The highest BCUT2D eigenvalue weighted by atomic mass is 16.5. The first kappa shape index (κ1) is 19.4. The highest BCUT2D eigenvalue weighted by molar-refractivity contribution is 5.76. The van der Waals surface area contributed by atoms with Gasteiger partial charge in [-0.25, -0.2) is 0 Å². The monoisotopic (exact) mass is 370 g/mol. The van der Waals surface area contributed by atoms with Crippen LogP contribution in [0.4, 0.5) is 0 Å². The maximum Gasteiger partial charge on any atom is 0.222 e. The van der Waals surface area contributed by atoms with Gasteiger partial charge in [0.05, 0.1) is 5.69 Å². The van der Waals surface area contributed by atoms with Crippen LogP contribution < -0.4 is 4.74 Å². The molecule has 1 aliphatic rings. The molecule has 1 amide bonds. The van der Waals surface area contributed by atoms with Gasteiger partial charge in [-0.1, -0.05) is 19.8 Å². The van der Waals surface area contributed by atoms with Crippen molar-refractivity contribution in [3.05, 3.63) is 36.5 Å². The Balaban J connectivity index is 1.34. The topological polar surface area (TPSA) is 61.5 Å². The van der Waals surface area contributed by atoms with Crippen molar-refractivity contribution in [1.82, 2.24) is 20.0 Å².